The monoisotopic (exact) mass is 425 g/mol. The minimum atomic E-state index is -3.97. The minimum Gasteiger partial charge on any atom is -0.296 e. The highest BCUT2D eigenvalue weighted by Crippen LogP contribution is 2.37. The predicted octanol–water partition coefficient (Wildman–Crippen LogP) is 5.82. The summed E-state index contributed by atoms with van der Waals surface area (Å²) >= 11 is 0. The molecule has 31 heavy (non-hydrogen) atoms. The molecule has 0 aliphatic rings. The second-order valence-corrected chi connectivity index (χ2v) is 9.33. The van der Waals surface area contributed by atoms with Crippen molar-refractivity contribution in [3.05, 3.63) is 102 Å². The highest BCUT2D eigenvalue weighted by atomic mass is 32.2. The van der Waals surface area contributed by atoms with Gasteiger partial charge in [-0.3, -0.25) is 4.79 Å². The fourth-order valence-electron chi connectivity index (χ4n) is 4.06. The van der Waals surface area contributed by atoms with Crippen LogP contribution in [0.2, 0.25) is 0 Å². The first-order chi connectivity index (χ1) is 15.0. The second kappa shape index (κ2) is 7.22. The van der Waals surface area contributed by atoms with E-state index in [1.807, 2.05) is 61.5 Å². The Bertz CT molecular complexity index is 1560. The number of fused-ring (bicyclic) bond motifs is 2. The molecule has 1 aromatic heterocycles. The molecular weight excluding hydrogens is 406 g/mol. The van der Waals surface area contributed by atoms with Crippen molar-refractivity contribution in [2.45, 2.75) is 11.8 Å². The summed E-state index contributed by atoms with van der Waals surface area (Å²) in [6, 6.07) is 27.7. The largest absolute Gasteiger partial charge is 0.296 e. The van der Waals surface area contributed by atoms with Crippen molar-refractivity contribution in [1.82, 2.24) is 3.97 Å². The fraction of sp³-hybridized carbons (Fsp3) is 0.0385. The fourth-order valence-corrected chi connectivity index (χ4v) is 5.56. The molecule has 0 saturated carbocycles. The number of aldehydes is 1. The molecule has 4 nitrogen and oxygen atoms in total. The maximum atomic E-state index is 13.6. The van der Waals surface area contributed by atoms with Crippen LogP contribution in [-0.2, 0) is 10.0 Å². The molecule has 0 N–H and O–H groups in total. The molecule has 5 rings (SSSR count). The van der Waals surface area contributed by atoms with Crippen LogP contribution in [0.3, 0.4) is 0 Å². The molecule has 0 radical (unpaired) electrons. The molecule has 4 aromatic carbocycles. The number of carbonyl (C=O) groups is 1. The van der Waals surface area contributed by atoms with Crippen LogP contribution in [0.15, 0.2) is 95.9 Å². The average Bonchev–Trinajstić information content (AvgIpc) is 3.14. The topological polar surface area (TPSA) is 56.1 Å². The van der Waals surface area contributed by atoms with Crippen molar-refractivity contribution in [2.24, 2.45) is 0 Å². The van der Waals surface area contributed by atoms with E-state index >= 15 is 0 Å². The summed E-state index contributed by atoms with van der Waals surface area (Å²) in [6.07, 6.45) is 0.635. The Morgan fingerprint density at radius 3 is 2.19 bits per heavy atom. The van der Waals surface area contributed by atoms with Gasteiger partial charge in [-0.2, -0.15) is 0 Å². The van der Waals surface area contributed by atoms with Gasteiger partial charge in [0.2, 0.25) is 0 Å². The summed E-state index contributed by atoms with van der Waals surface area (Å²) in [5.41, 5.74) is 2.98. The molecule has 0 amide bonds. The number of benzene rings is 4. The Morgan fingerprint density at radius 1 is 0.774 bits per heavy atom. The lowest BCUT2D eigenvalue weighted by molar-refractivity contribution is 0.111. The Balaban J connectivity index is 1.85. The van der Waals surface area contributed by atoms with Gasteiger partial charge in [0.05, 0.1) is 10.4 Å². The van der Waals surface area contributed by atoms with Crippen LogP contribution in [0.4, 0.5) is 0 Å². The highest BCUT2D eigenvalue weighted by molar-refractivity contribution is 7.90. The van der Waals surface area contributed by atoms with Gasteiger partial charge in [-0.25, -0.2) is 12.4 Å². The smallest absolute Gasteiger partial charge is 0.268 e. The molecule has 0 bridgehead atoms. The van der Waals surface area contributed by atoms with E-state index in [-0.39, 0.29) is 10.6 Å². The zero-order chi connectivity index (χ0) is 21.6. The van der Waals surface area contributed by atoms with Gasteiger partial charge >= 0.3 is 0 Å². The number of carbonyl (C=O) groups excluding carboxylic acids is 1. The first-order valence-electron chi connectivity index (χ1n) is 9.91. The molecular formula is C26H19NO3S. The lowest BCUT2D eigenvalue weighted by Gasteiger charge is -2.10. The first-order valence-corrected chi connectivity index (χ1v) is 11.3. The third kappa shape index (κ3) is 3.05. The van der Waals surface area contributed by atoms with E-state index in [1.54, 1.807) is 36.4 Å². The van der Waals surface area contributed by atoms with Gasteiger partial charge in [0.15, 0.2) is 6.29 Å². The van der Waals surface area contributed by atoms with Crippen LogP contribution >= 0.6 is 0 Å². The standard InChI is InChI=1S/C26H19NO3S/c1-18-10-14-22(15-11-18)31(29,30)27-24-9-5-4-8-23(24)26(25(27)17-28)21-13-12-19-6-2-3-7-20(19)16-21/h2-17H,1H3. The Morgan fingerprint density at radius 2 is 1.45 bits per heavy atom. The predicted molar refractivity (Wildman–Crippen MR) is 124 cm³/mol. The van der Waals surface area contributed by atoms with Gasteiger partial charge in [0, 0.05) is 10.9 Å². The van der Waals surface area contributed by atoms with Crippen molar-refractivity contribution in [1.29, 1.82) is 0 Å². The molecule has 0 saturated heterocycles. The zero-order valence-corrected chi connectivity index (χ0v) is 17.6. The highest BCUT2D eigenvalue weighted by Gasteiger charge is 2.27. The molecule has 5 heteroatoms. The van der Waals surface area contributed by atoms with Gasteiger partial charge in [-0.15, -0.1) is 0 Å². The van der Waals surface area contributed by atoms with E-state index in [0.717, 1.165) is 27.3 Å². The minimum absolute atomic E-state index is 0.122. The number of hydrogen-bond donors (Lipinski definition) is 0. The van der Waals surface area contributed by atoms with Crippen LogP contribution in [0.25, 0.3) is 32.8 Å². The molecule has 5 aromatic rings. The summed E-state index contributed by atoms with van der Waals surface area (Å²) in [6.45, 7) is 1.90. The van der Waals surface area contributed by atoms with E-state index < -0.39 is 10.0 Å². The summed E-state index contributed by atoms with van der Waals surface area (Å²) in [5, 5.41) is 2.82. The van der Waals surface area contributed by atoms with Crippen LogP contribution in [0.1, 0.15) is 16.1 Å². The van der Waals surface area contributed by atoms with Crippen LogP contribution in [0, 0.1) is 6.92 Å². The quantitative estimate of drug-likeness (QED) is 0.341. The zero-order valence-electron chi connectivity index (χ0n) is 16.8. The average molecular weight is 426 g/mol. The SMILES string of the molecule is Cc1ccc(S(=O)(=O)n2c(C=O)c(-c3ccc4ccccc4c3)c3ccccc32)cc1. The van der Waals surface area contributed by atoms with Crippen molar-refractivity contribution in [3.63, 3.8) is 0 Å². The van der Waals surface area contributed by atoms with E-state index in [1.165, 1.54) is 3.97 Å². The number of hydrogen-bond acceptors (Lipinski definition) is 3. The molecule has 0 atom stereocenters. The van der Waals surface area contributed by atoms with Crippen molar-refractivity contribution in [3.8, 4) is 11.1 Å². The van der Waals surface area contributed by atoms with Gasteiger partial charge in [0.25, 0.3) is 10.0 Å². The third-order valence-electron chi connectivity index (χ3n) is 5.58. The lowest BCUT2D eigenvalue weighted by Crippen LogP contribution is -2.15. The molecule has 0 unspecified atom stereocenters. The summed E-state index contributed by atoms with van der Waals surface area (Å²) in [4.78, 5) is 12.4. The summed E-state index contributed by atoms with van der Waals surface area (Å²) in [5.74, 6) is 0. The lowest BCUT2D eigenvalue weighted by atomic mass is 9.99. The van der Waals surface area contributed by atoms with Crippen molar-refractivity contribution in [2.75, 3.05) is 0 Å². The van der Waals surface area contributed by atoms with Crippen molar-refractivity contribution < 1.29 is 13.2 Å². The maximum Gasteiger partial charge on any atom is 0.268 e. The normalized spacial score (nSPS) is 11.8. The number of nitrogens with zero attached hydrogens (tertiary/aromatic N) is 1. The summed E-state index contributed by atoms with van der Waals surface area (Å²) < 4.78 is 28.4. The van der Waals surface area contributed by atoms with E-state index in [2.05, 4.69) is 0 Å². The van der Waals surface area contributed by atoms with Crippen LogP contribution < -0.4 is 0 Å². The Hall–Kier alpha value is -3.70. The van der Waals surface area contributed by atoms with Gasteiger partial charge in [-0.05, 0) is 47.5 Å². The first kappa shape index (κ1) is 19.3. The Labute approximate surface area is 180 Å². The number of para-hydroxylation sites is 1. The van der Waals surface area contributed by atoms with E-state index in [0.29, 0.717) is 17.4 Å². The van der Waals surface area contributed by atoms with Crippen LogP contribution in [-0.4, -0.2) is 18.7 Å². The molecule has 0 aliphatic heterocycles. The summed E-state index contributed by atoms with van der Waals surface area (Å²) in [7, 11) is -3.97. The van der Waals surface area contributed by atoms with Gasteiger partial charge < -0.3 is 0 Å². The van der Waals surface area contributed by atoms with E-state index in [4.69, 9.17) is 0 Å². The van der Waals surface area contributed by atoms with Gasteiger partial charge in [-0.1, -0.05) is 72.3 Å². The van der Waals surface area contributed by atoms with Gasteiger partial charge in [0.1, 0.15) is 5.69 Å². The third-order valence-corrected chi connectivity index (χ3v) is 7.32. The second-order valence-electron chi connectivity index (χ2n) is 7.54. The molecule has 0 fully saturated rings. The molecule has 0 aliphatic carbocycles. The number of aryl methyl sites for hydroxylation is 1. The Kier molecular flexibility index (Phi) is 4.49. The van der Waals surface area contributed by atoms with Crippen LogP contribution in [0.5, 0.6) is 0 Å². The van der Waals surface area contributed by atoms with E-state index in [9.17, 15) is 13.2 Å². The molecule has 0 spiro atoms. The number of aromatic nitrogens is 1. The molecule has 1 heterocycles. The molecule has 152 valence electrons. The number of rotatable bonds is 4. The van der Waals surface area contributed by atoms with Crippen molar-refractivity contribution >= 4 is 38.0 Å². The maximum absolute atomic E-state index is 13.6.